The fourth-order valence-electron chi connectivity index (χ4n) is 0.354. The van der Waals surface area contributed by atoms with Crippen molar-refractivity contribution in [3.8, 4) is 0 Å². The maximum Gasteiger partial charge on any atom is 0.372 e. The van der Waals surface area contributed by atoms with E-state index in [1.165, 1.54) is 7.05 Å². The highest BCUT2D eigenvalue weighted by molar-refractivity contribution is 5.84. The number of carbonyl (C=O) groups is 1. The molecule has 0 bridgehead atoms. The standard InChI is InChI=1S/C6H11NO4/c1-5(8)6(9)11-4-3-7(2)10/h8,10H,1,3-4H2,2H3. The molecule has 0 heterocycles. The molecule has 0 aliphatic heterocycles. The van der Waals surface area contributed by atoms with Gasteiger partial charge in [0.05, 0.1) is 6.54 Å². The van der Waals surface area contributed by atoms with Crippen molar-refractivity contribution in [2.75, 3.05) is 20.2 Å². The summed E-state index contributed by atoms with van der Waals surface area (Å²) in [6, 6.07) is 0. The third-order valence-electron chi connectivity index (χ3n) is 0.884. The Morgan fingerprint density at radius 3 is 2.64 bits per heavy atom. The van der Waals surface area contributed by atoms with Gasteiger partial charge in [-0.05, 0) is 6.58 Å². The van der Waals surface area contributed by atoms with E-state index in [0.29, 0.717) is 0 Å². The van der Waals surface area contributed by atoms with Crippen molar-refractivity contribution in [2.24, 2.45) is 0 Å². The molecule has 0 amide bonds. The van der Waals surface area contributed by atoms with Crippen LogP contribution in [0.25, 0.3) is 0 Å². The van der Waals surface area contributed by atoms with Crippen molar-refractivity contribution in [2.45, 2.75) is 0 Å². The number of esters is 1. The van der Waals surface area contributed by atoms with Gasteiger partial charge in [0.1, 0.15) is 6.61 Å². The molecule has 0 unspecified atom stereocenters. The molecule has 0 aliphatic carbocycles. The highest BCUT2D eigenvalue weighted by atomic mass is 16.6. The molecule has 0 saturated carbocycles. The summed E-state index contributed by atoms with van der Waals surface area (Å²) in [6.45, 7) is 3.17. The number of ether oxygens (including phenoxy) is 1. The number of hydrogen-bond acceptors (Lipinski definition) is 5. The monoisotopic (exact) mass is 161 g/mol. The van der Waals surface area contributed by atoms with Crippen LogP contribution in [0.2, 0.25) is 0 Å². The van der Waals surface area contributed by atoms with Gasteiger partial charge in [-0.25, -0.2) is 4.79 Å². The van der Waals surface area contributed by atoms with Crippen LogP contribution in [0, 0.1) is 0 Å². The second-order valence-corrected chi connectivity index (χ2v) is 1.96. The highest BCUT2D eigenvalue weighted by Crippen LogP contribution is 1.88. The Morgan fingerprint density at radius 2 is 2.27 bits per heavy atom. The van der Waals surface area contributed by atoms with E-state index in [4.69, 9.17) is 10.3 Å². The Labute approximate surface area is 64.5 Å². The van der Waals surface area contributed by atoms with Crippen molar-refractivity contribution in [3.05, 3.63) is 12.3 Å². The molecule has 5 heteroatoms. The lowest BCUT2D eigenvalue weighted by atomic mass is 10.6. The minimum Gasteiger partial charge on any atom is -0.502 e. The molecule has 0 aromatic rings. The normalized spacial score (nSPS) is 9.73. The van der Waals surface area contributed by atoms with Gasteiger partial charge in [0.2, 0.25) is 0 Å². The lowest BCUT2D eigenvalue weighted by Gasteiger charge is -2.07. The maximum absolute atomic E-state index is 10.5. The van der Waals surface area contributed by atoms with Crippen LogP contribution in [0.1, 0.15) is 0 Å². The Morgan fingerprint density at radius 1 is 1.73 bits per heavy atom. The number of hydroxylamine groups is 2. The Bertz CT molecular complexity index is 155. The average molecular weight is 161 g/mol. The summed E-state index contributed by atoms with van der Waals surface area (Å²) in [6.07, 6.45) is 0. The zero-order chi connectivity index (χ0) is 8.85. The number of nitrogens with zero attached hydrogens (tertiary/aromatic N) is 1. The molecule has 2 N–H and O–H groups in total. The highest BCUT2D eigenvalue weighted by Gasteiger charge is 2.05. The SMILES string of the molecule is C=C(O)C(=O)OCCN(C)O. The van der Waals surface area contributed by atoms with Crippen LogP contribution in [0.3, 0.4) is 0 Å². The van der Waals surface area contributed by atoms with Crippen LogP contribution in [0.15, 0.2) is 12.3 Å². The van der Waals surface area contributed by atoms with Crippen molar-refractivity contribution < 1.29 is 19.8 Å². The second kappa shape index (κ2) is 4.70. The molecule has 0 spiro atoms. The Hall–Kier alpha value is -1.07. The van der Waals surface area contributed by atoms with E-state index < -0.39 is 11.7 Å². The van der Waals surface area contributed by atoms with E-state index in [-0.39, 0.29) is 13.2 Å². The van der Waals surface area contributed by atoms with Crippen LogP contribution < -0.4 is 0 Å². The average Bonchev–Trinajstić information content (AvgIpc) is 1.86. The van der Waals surface area contributed by atoms with E-state index in [1.54, 1.807) is 0 Å². The summed E-state index contributed by atoms with van der Waals surface area (Å²) in [7, 11) is 1.42. The number of hydrogen-bond donors (Lipinski definition) is 2. The van der Waals surface area contributed by atoms with Gasteiger partial charge in [0.25, 0.3) is 0 Å². The smallest absolute Gasteiger partial charge is 0.372 e. The molecule has 0 radical (unpaired) electrons. The fourth-order valence-corrected chi connectivity index (χ4v) is 0.354. The minimum atomic E-state index is -0.869. The van der Waals surface area contributed by atoms with Crippen molar-refractivity contribution in [1.29, 1.82) is 0 Å². The molecule has 0 aromatic heterocycles. The largest absolute Gasteiger partial charge is 0.502 e. The van der Waals surface area contributed by atoms with Gasteiger partial charge >= 0.3 is 5.97 Å². The van der Waals surface area contributed by atoms with Crippen LogP contribution in [0.4, 0.5) is 0 Å². The first-order valence-electron chi connectivity index (χ1n) is 2.99. The fraction of sp³-hybridized carbons (Fsp3) is 0.500. The van der Waals surface area contributed by atoms with Crippen LogP contribution >= 0.6 is 0 Å². The molecule has 0 aromatic carbocycles. The summed E-state index contributed by atoms with van der Waals surface area (Å²) >= 11 is 0. The molecule has 5 nitrogen and oxygen atoms in total. The predicted octanol–water partition coefficient (Wildman–Crippen LogP) is -0.0777. The quantitative estimate of drug-likeness (QED) is 0.261. The zero-order valence-corrected chi connectivity index (χ0v) is 6.28. The first kappa shape index (κ1) is 9.93. The summed E-state index contributed by atoms with van der Waals surface area (Å²) in [5.74, 6) is -1.50. The number of aliphatic hydroxyl groups is 1. The van der Waals surface area contributed by atoms with Crippen LogP contribution in [-0.2, 0) is 9.53 Å². The second-order valence-electron chi connectivity index (χ2n) is 1.96. The van der Waals surface area contributed by atoms with Crippen LogP contribution in [-0.4, -0.2) is 41.5 Å². The van der Waals surface area contributed by atoms with Gasteiger partial charge in [0, 0.05) is 7.05 Å². The van der Waals surface area contributed by atoms with Gasteiger partial charge in [-0.1, -0.05) is 0 Å². The minimum absolute atomic E-state index is 0.0193. The molecule has 0 saturated heterocycles. The zero-order valence-electron chi connectivity index (χ0n) is 6.28. The summed E-state index contributed by atoms with van der Waals surface area (Å²) in [5.41, 5.74) is 0. The van der Waals surface area contributed by atoms with Crippen LogP contribution in [0.5, 0.6) is 0 Å². The predicted molar refractivity (Wildman–Crippen MR) is 37.1 cm³/mol. The van der Waals surface area contributed by atoms with Gasteiger partial charge in [-0.2, -0.15) is 5.06 Å². The topological polar surface area (TPSA) is 70.0 Å². The van der Waals surface area contributed by atoms with E-state index in [2.05, 4.69) is 11.3 Å². The molecular formula is C6H11NO4. The first-order valence-corrected chi connectivity index (χ1v) is 2.99. The summed E-state index contributed by atoms with van der Waals surface area (Å²) in [4.78, 5) is 10.5. The Kier molecular flexibility index (Phi) is 4.24. The van der Waals surface area contributed by atoms with Crippen molar-refractivity contribution in [3.63, 3.8) is 0 Å². The van der Waals surface area contributed by atoms with E-state index in [9.17, 15) is 4.79 Å². The third kappa shape index (κ3) is 5.38. The molecular weight excluding hydrogens is 150 g/mol. The van der Waals surface area contributed by atoms with Crippen molar-refractivity contribution in [1.82, 2.24) is 5.06 Å². The number of likely N-dealkylation sites (N-methyl/N-ethyl adjacent to an activating group) is 1. The van der Waals surface area contributed by atoms with Gasteiger partial charge in [-0.3, -0.25) is 0 Å². The van der Waals surface area contributed by atoms with Gasteiger partial charge < -0.3 is 15.1 Å². The van der Waals surface area contributed by atoms with E-state index in [0.717, 1.165) is 5.06 Å². The number of rotatable bonds is 4. The number of aliphatic hydroxyl groups excluding tert-OH is 1. The molecule has 0 rings (SSSR count). The third-order valence-corrected chi connectivity index (χ3v) is 0.884. The van der Waals surface area contributed by atoms with Crippen molar-refractivity contribution >= 4 is 5.97 Å². The molecule has 0 aliphatic rings. The Balaban J connectivity index is 3.40. The molecule has 0 fully saturated rings. The summed E-state index contributed by atoms with van der Waals surface area (Å²) in [5, 5.41) is 17.9. The molecule has 64 valence electrons. The molecule has 0 atom stereocenters. The first-order chi connectivity index (χ1) is 5.04. The van der Waals surface area contributed by atoms with E-state index in [1.807, 2.05) is 0 Å². The van der Waals surface area contributed by atoms with Gasteiger partial charge in [0.15, 0.2) is 5.76 Å². The lowest BCUT2D eigenvalue weighted by Crippen LogP contribution is -2.21. The molecule has 11 heavy (non-hydrogen) atoms. The number of carbonyl (C=O) groups excluding carboxylic acids is 1. The van der Waals surface area contributed by atoms with E-state index >= 15 is 0 Å². The maximum atomic E-state index is 10.5. The van der Waals surface area contributed by atoms with Gasteiger partial charge in [-0.15, -0.1) is 0 Å². The summed E-state index contributed by atoms with van der Waals surface area (Å²) < 4.78 is 4.42. The lowest BCUT2D eigenvalue weighted by molar-refractivity contribution is -0.145.